The van der Waals surface area contributed by atoms with Gasteiger partial charge in [0, 0.05) is 12.0 Å². The van der Waals surface area contributed by atoms with Crippen molar-refractivity contribution in [3.63, 3.8) is 0 Å². The quantitative estimate of drug-likeness (QED) is 0.905. The number of carbonyl (C=O) groups is 1. The normalized spacial score (nSPS) is 25.7. The second-order valence-corrected chi connectivity index (χ2v) is 8.42. The van der Waals surface area contributed by atoms with E-state index >= 15 is 0 Å². The first-order chi connectivity index (χ1) is 10.1. The zero-order valence-electron chi connectivity index (χ0n) is 12.0. The minimum atomic E-state index is -3.27. The maximum Gasteiger partial charge on any atom is 0.235 e. The fourth-order valence-electron chi connectivity index (χ4n) is 3.22. The third kappa shape index (κ3) is 3.46. The molecule has 114 valence electrons. The molecule has 21 heavy (non-hydrogen) atoms. The molecule has 2 atom stereocenters. The molecule has 2 saturated carbocycles. The fourth-order valence-corrected chi connectivity index (χ4v) is 4.96. The number of benzene rings is 1. The molecule has 0 radical (unpaired) electrons. The van der Waals surface area contributed by atoms with E-state index in [2.05, 4.69) is 5.32 Å². The van der Waals surface area contributed by atoms with Crippen LogP contribution in [0.25, 0.3) is 0 Å². The van der Waals surface area contributed by atoms with Gasteiger partial charge in [-0.25, -0.2) is 8.42 Å². The van der Waals surface area contributed by atoms with Crippen molar-refractivity contribution in [2.45, 2.75) is 49.3 Å². The average Bonchev–Trinajstić information content (AvgIpc) is 2.99. The van der Waals surface area contributed by atoms with Crippen molar-refractivity contribution in [3.05, 3.63) is 35.9 Å². The number of hydrogen-bond acceptors (Lipinski definition) is 3. The summed E-state index contributed by atoms with van der Waals surface area (Å²) in [4.78, 5) is 12.0. The SMILES string of the molecule is O=C(CS(=O)(=O)C1CCCC1)N[C@@H]1C[C@H]1c1ccccc1. The highest BCUT2D eigenvalue weighted by molar-refractivity contribution is 7.92. The van der Waals surface area contributed by atoms with Crippen LogP contribution >= 0.6 is 0 Å². The third-order valence-electron chi connectivity index (χ3n) is 4.51. The van der Waals surface area contributed by atoms with E-state index in [1.807, 2.05) is 30.3 Å². The van der Waals surface area contributed by atoms with Gasteiger partial charge >= 0.3 is 0 Å². The summed E-state index contributed by atoms with van der Waals surface area (Å²) >= 11 is 0. The lowest BCUT2D eigenvalue weighted by Gasteiger charge is -2.11. The molecule has 2 aliphatic rings. The van der Waals surface area contributed by atoms with Crippen LogP contribution in [0.15, 0.2) is 30.3 Å². The van der Waals surface area contributed by atoms with Gasteiger partial charge in [-0.1, -0.05) is 43.2 Å². The molecule has 1 N–H and O–H groups in total. The van der Waals surface area contributed by atoms with Crippen LogP contribution in [0.5, 0.6) is 0 Å². The predicted octanol–water partition coefficient (Wildman–Crippen LogP) is 2.02. The summed E-state index contributed by atoms with van der Waals surface area (Å²) < 4.78 is 24.3. The van der Waals surface area contributed by atoms with Gasteiger partial charge in [0.05, 0.1) is 5.25 Å². The molecule has 2 fully saturated rings. The fraction of sp³-hybridized carbons (Fsp3) is 0.562. The zero-order valence-corrected chi connectivity index (χ0v) is 12.8. The molecule has 1 amide bonds. The molecule has 0 aromatic heterocycles. The molecule has 0 bridgehead atoms. The van der Waals surface area contributed by atoms with E-state index in [0.29, 0.717) is 18.8 Å². The second kappa shape index (κ2) is 5.79. The number of nitrogens with one attached hydrogen (secondary N) is 1. The van der Waals surface area contributed by atoms with Crippen molar-refractivity contribution in [2.24, 2.45) is 0 Å². The summed E-state index contributed by atoms with van der Waals surface area (Å²) in [5, 5.41) is 2.57. The van der Waals surface area contributed by atoms with Crippen LogP contribution in [-0.2, 0) is 14.6 Å². The van der Waals surface area contributed by atoms with Crippen molar-refractivity contribution < 1.29 is 13.2 Å². The maximum atomic E-state index is 12.1. The maximum absolute atomic E-state index is 12.1. The molecule has 3 rings (SSSR count). The molecular weight excluding hydrogens is 286 g/mol. The number of hydrogen-bond donors (Lipinski definition) is 1. The summed E-state index contributed by atoms with van der Waals surface area (Å²) in [6.07, 6.45) is 4.25. The van der Waals surface area contributed by atoms with Crippen LogP contribution in [-0.4, -0.2) is 31.4 Å². The van der Waals surface area contributed by atoms with Crippen LogP contribution in [0.3, 0.4) is 0 Å². The van der Waals surface area contributed by atoms with E-state index in [-0.39, 0.29) is 23.0 Å². The van der Waals surface area contributed by atoms with Gasteiger partial charge in [0.25, 0.3) is 0 Å². The van der Waals surface area contributed by atoms with Gasteiger partial charge in [0.15, 0.2) is 9.84 Å². The molecule has 0 aliphatic heterocycles. The van der Waals surface area contributed by atoms with Gasteiger partial charge in [0.1, 0.15) is 5.75 Å². The Morgan fingerprint density at radius 3 is 2.48 bits per heavy atom. The van der Waals surface area contributed by atoms with Gasteiger partial charge in [-0.3, -0.25) is 4.79 Å². The Labute approximate surface area is 125 Å². The van der Waals surface area contributed by atoms with Crippen molar-refractivity contribution in [2.75, 3.05) is 5.75 Å². The number of rotatable bonds is 5. The third-order valence-corrected chi connectivity index (χ3v) is 6.66. The van der Waals surface area contributed by atoms with Crippen LogP contribution < -0.4 is 5.32 Å². The molecule has 5 heteroatoms. The highest BCUT2D eigenvalue weighted by atomic mass is 32.2. The van der Waals surface area contributed by atoms with Crippen LogP contribution in [0.2, 0.25) is 0 Å². The molecule has 1 aromatic carbocycles. The topological polar surface area (TPSA) is 63.2 Å². The number of sulfone groups is 1. The van der Waals surface area contributed by atoms with E-state index in [1.54, 1.807) is 0 Å². The average molecular weight is 307 g/mol. The molecule has 4 nitrogen and oxygen atoms in total. The number of carbonyl (C=O) groups excluding carboxylic acids is 1. The molecule has 1 aromatic rings. The molecule has 0 heterocycles. The summed E-state index contributed by atoms with van der Waals surface area (Å²) in [5.74, 6) is -0.356. The molecule has 0 unspecified atom stereocenters. The van der Waals surface area contributed by atoms with Gasteiger partial charge < -0.3 is 5.32 Å². The van der Waals surface area contributed by atoms with Gasteiger partial charge in [-0.2, -0.15) is 0 Å². The standard InChI is InChI=1S/C16H21NO3S/c18-16(11-21(19,20)13-8-4-5-9-13)17-15-10-14(15)12-6-2-1-3-7-12/h1-3,6-7,13-15H,4-5,8-11H2,(H,17,18)/t14-,15+/m0/s1. The van der Waals surface area contributed by atoms with E-state index < -0.39 is 9.84 Å². The van der Waals surface area contributed by atoms with Crippen molar-refractivity contribution in [1.82, 2.24) is 5.32 Å². The summed E-state index contributed by atoms with van der Waals surface area (Å²) in [6, 6.07) is 10.1. The first kappa shape index (κ1) is 14.6. The van der Waals surface area contributed by atoms with E-state index in [4.69, 9.17) is 0 Å². The Kier molecular flexibility index (Phi) is 4.02. The molecule has 2 aliphatic carbocycles. The monoisotopic (exact) mass is 307 g/mol. The molecular formula is C16H21NO3S. The number of amides is 1. The molecule has 0 spiro atoms. The Morgan fingerprint density at radius 1 is 1.14 bits per heavy atom. The van der Waals surface area contributed by atoms with Gasteiger partial charge in [-0.15, -0.1) is 0 Å². The smallest absolute Gasteiger partial charge is 0.235 e. The zero-order chi connectivity index (χ0) is 14.9. The largest absolute Gasteiger partial charge is 0.352 e. The summed E-state index contributed by atoms with van der Waals surface area (Å²) in [6.45, 7) is 0. The Balaban J connectivity index is 1.52. The minimum Gasteiger partial charge on any atom is -0.352 e. The lowest BCUT2D eigenvalue weighted by atomic mass is 10.1. The van der Waals surface area contributed by atoms with Crippen molar-refractivity contribution in [3.8, 4) is 0 Å². The lowest BCUT2D eigenvalue weighted by molar-refractivity contribution is -0.118. The lowest BCUT2D eigenvalue weighted by Crippen LogP contribution is -2.35. The van der Waals surface area contributed by atoms with Crippen LogP contribution in [0.1, 0.15) is 43.6 Å². The Hall–Kier alpha value is -1.36. The van der Waals surface area contributed by atoms with Crippen molar-refractivity contribution >= 4 is 15.7 Å². The molecule has 0 saturated heterocycles. The summed E-state index contributed by atoms with van der Waals surface area (Å²) in [5.41, 5.74) is 1.21. The van der Waals surface area contributed by atoms with E-state index in [1.165, 1.54) is 5.56 Å². The van der Waals surface area contributed by atoms with E-state index in [0.717, 1.165) is 19.3 Å². The predicted molar refractivity (Wildman–Crippen MR) is 81.8 cm³/mol. The van der Waals surface area contributed by atoms with Crippen LogP contribution in [0, 0.1) is 0 Å². The Morgan fingerprint density at radius 2 is 1.81 bits per heavy atom. The van der Waals surface area contributed by atoms with Crippen molar-refractivity contribution in [1.29, 1.82) is 0 Å². The van der Waals surface area contributed by atoms with E-state index in [9.17, 15) is 13.2 Å². The first-order valence-electron chi connectivity index (χ1n) is 7.62. The second-order valence-electron chi connectivity index (χ2n) is 6.14. The van der Waals surface area contributed by atoms with Crippen LogP contribution in [0.4, 0.5) is 0 Å². The van der Waals surface area contributed by atoms with Gasteiger partial charge in [-0.05, 0) is 24.8 Å². The van der Waals surface area contributed by atoms with Gasteiger partial charge in [0.2, 0.25) is 5.91 Å². The minimum absolute atomic E-state index is 0.0960. The highest BCUT2D eigenvalue weighted by Crippen LogP contribution is 2.40. The Bertz CT molecular complexity index is 606. The first-order valence-corrected chi connectivity index (χ1v) is 9.34. The summed E-state index contributed by atoms with van der Waals surface area (Å²) in [7, 11) is -3.27. The highest BCUT2D eigenvalue weighted by Gasteiger charge is 2.40.